The molecular formula is C14H17ClF3N3. The average Bonchev–Trinajstić information content (AvgIpc) is 2.45. The molecule has 3 nitrogen and oxygen atoms in total. The van der Waals surface area contributed by atoms with E-state index < -0.39 is 11.7 Å². The molecule has 0 atom stereocenters. The molecular weight excluding hydrogens is 303 g/mol. The quantitative estimate of drug-likeness (QED) is 0.785. The molecule has 0 aliphatic heterocycles. The number of hydrogen-bond acceptors (Lipinski definition) is 3. The van der Waals surface area contributed by atoms with Crippen molar-refractivity contribution in [1.82, 2.24) is 4.98 Å². The van der Waals surface area contributed by atoms with Crippen LogP contribution in [-0.2, 0) is 6.18 Å². The third-order valence-electron chi connectivity index (χ3n) is 3.75. The van der Waals surface area contributed by atoms with Crippen LogP contribution in [0.25, 0.3) is 0 Å². The molecule has 1 heterocycles. The number of anilines is 1. The number of rotatable bonds is 3. The van der Waals surface area contributed by atoms with E-state index in [4.69, 9.17) is 11.6 Å². The van der Waals surface area contributed by atoms with Crippen molar-refractivity contribution in [3.63, 3.8) is 0 Å². The Morgan fingerprint density at radius 3 is 2.57 bits per heavy atom. The lowest BCUT2D eigenvalue weighted by Gasteiger charge is -2.21. The first-order valence-electron chi connectivity index (χ1n) is 6.94. The summed E-state index contributed by atoms with van der Waals surface area (Å²) in [6.45, 7) is 2.18. The lowest BCUT2D eigenvalue weighted by atomic mass is 9.86. The van der Waals surface area contributed by atoms with Crippen molar-refractivity contribution in [2.75, 3.05) is 5.43 Å². The van der Waals surface area contributed by atoms with Crippen LogP contribution in [0.2, 0.25) is 5.02 Å². The van der Waals surface area contributed by atoms with Crippen LogP contribution in [0.5, 0.6) is 0 Å². The molecule has 7 heteroatoms. The minimum atomic E-state index is -4.44. The smallest absolute Gasteiger partial charge is 0.260 e. The van der Waals surface area contributed by atoms with E-state index in [1.165, 1.54) is 6.42 Å². The SMILES string of the molecule is CCC1CCC(=NNc2ncc(C(F)(F)F)cc2Cl)CC1. The van der Waals surface area contributed by atoms with Gasteiger partial charge in [-0.05, 0) is 37.7 Å². The van der Waals surface area contributed by atoms with Gasteiger partial charge in [0.1, 0.15) is 0 Å². The van der Waals surface area contributed by atoms with Crippen molar-refractivity contribution in [2.24, 2.45) is 11.0 Å². The zero-order chi connectivity index (χ0) is 15.5. The van der Waals surface area contributed by atoms with Crippen molar-refractivity contribution in [1.29, 1.82) is 0 Å². The number of nitrogens with zero attached hydrogens (tertiary/aromatic N) is 2. The first kappa shape index (κ1) is 16.1. The van der Waals surface area contributed by atoms with Gasteiger partial charge in [-0.2, -0.15) is 18.3 Å². The third-order valence-corrected chi connectivity index (χ3v) is 4.04. The highest BCUT2D eigenvalue weighted by Gasteiger charge is 2.31. The van der Waals surface area contributed by atoms with Crippen LogP contribution in [0.4, 0.5) is 19.0 Å². The molecule has 2 rings (SSSR count). The Hall–Kier alpha value is -1.30. The summed E-state index contributed by atoms with van der Waals surface area (Å²) in [7, 11) is 0. The Labute approximate surface area is 126 Å². The van der Waals surface area contributed by atoms with Gasteiger partial charge in [-0.25, -0.2) is 4.98 Å². The first-order valence-corrected chi connectivity index (χ1v) is 7.32. The Bertz CT molecular complexity index is 519. The normalized spacial score (nSPS) is 19.5. The summed E-state index contributed by atoms with van der Waals surface area (Å²) in [6.07, 6.45) is 1.50. The lowest BCUT2D eigenvalue weighted by Crippen LogP contribution is -2.15. The van der Waals surface area contributed by atoms with Crippen molar-refractivity contribution < 1.29 is 13.2 Å². The second kappa shape index (κ2) is 6.64. The van der Waals surface area contributed by atoms with E-state index in [0.717, 1.165) is 49.6 Å². The molecule has 1 fully saturated rings. The van der Waals surface area contributed by atoms with Gasteiger partial charge in [-0.3, -0.25) is 5.43 Å². The molecule has 0 bridgehead atoms. The van der Waals surface area contributed by atoms with Gasteiger partial charge < -0.3 is 0 Å². The van der Waals surface area contributed by atoms with Crippen LogP contribution >= 0.6 is 11.6 Å². The monoisotopic (exact) mass is 319 g/mol. The molecule has 1 aromatic heterocycles. The fourth-order valence-corrected chi connectivity index (χ4v) is 2.55. The van der Waals surface area contributed by atoms with E-state index in [-0.39, 0.29) is 10.8 Å². The minimum absolute atomic E-state index is 0.0866. The summed E-state index contributed by atoms with van der Waals surface area (Å²) >= 11 is 5.80. The topological polar surface area (TPSA) is 37.3 Å². The molecule has 0 amide bonds. The zero-order valence-electron chi connectivity index (χ0n) is 11.7. The Morgan fingerprint density at radius 2 is 2.05 bits per heavy atom. The highest BCUT2D eigenvalue weighted by atomic mass is 35.5. The predicted molar refractivity (Wildman–Crippen MR) is 77.6 cm³/mol. The van der Waals surface area contributed by atoms with Crippen LogP contribution < -0.4 is 5.43 Å². The summed E-state index contributed by atoms with van der Waals surface area (Å²) in [5.41, 5.74) is 2.82. The van der Waals surface area contributed by atoms with Gasteiger partial charge in [0.05, 0.1) is 10.6 Å². The van der Waals surface area contributed by atoms with E-state index in [9.17, 15) is 13.2 Å². The standard InChI is InChI=1S/C14H17ClF3N3/c1-2-9-3-5-11(6-4-9)20-21-13-12(15)7-10(8-19-13)14(16,17)18/h7-9H,2-6H2,1H3,(H,19,21). The predicted octanol–water partition coefficient (Wildman–Crippen LogP) is 5.12. The Morgan fingerprint density at radius 1 is 1.38 bits per heavy atom. The average molecular weight is 320 g/mol. The number of pyridine rings is 1. The van der Waals surface area contributed by atoms with Gasteiger partial charge in [0.15, 0.2) is 5.82 Å². The molecule has 0 unspecified atom stereocenters. The number of alkyl halides is 3. The fourth-order valence-electron chi connectivity index (χ4n) is 2.34. The van der Waals surface area contributed by atoms with Gasteiger partial charge in [0, 0.05) is 11.9 Å². The van der Waals surface area contributed by atoms with Crippen LogP contribution in [0.1, 0.15) is 44.6 Å². The maximum Gasteiger partial charge on any atom is 0.417 e. The summed E-state index contributed by atoms with van der Waals surface area (Å²) in [5, 5.41) is 4.13. The highest BCUT2D eigenvalue weighted by molar-refractivity contribution is 6.32. The van der Waals surface area contributed by atoms with Crippen LogP contribution in [-0.4, -0.2) is 10.7 Å². The van der Waals surface area contributed by atoms with Crippen molar-refractivity contribution in [3.8, 4) is 0 Å². The van der Waals surface area contributed by atoms with Gasteiger partial charge in [-0.1, -0.05) is 24.9 Å². The number of hydrazone groups is 1. The van der Waals surface area contributed by atoms with Crippen molar-refractivity contribution >= 4 is 23.1 Å². The fraction of sp³-hybridized carbons (Fsp3) is 0.571. The molecule has 1 aliphatic carbocycles. The number of aromatic nitrogens is 1. The van der Waals surface area contributed by atoms with Gasteiger partial charge in [0.2, 0.25) is 0 Å². The molecule has 21 heavy (non-hydrogen) atoms. The maximum atomic E-state index is 12.5. The van der Waals surface area contributed by atoms with E-state index in [1.54, 1.807) is 0 Å². The van der Waals surface area contributed by atoms with Crippen molar-refractivity contribution in [2.45, 2.75) is 45.2 Å². The molecule has 0 saturated heterocycles. The first-order chi connectivity index (χ1) is 9.90. The molecule has 1 aliphatic rings. The van der Waals surface area contributed by atoms with E-state index in [0.29, 0.717) is 0 Å². The largest absolute Gasteiger partial charge is 0.417 e. The number of hydrogen-bond donors (Lipinski definition) is 1. The van der Waals surface area contributed by atoms with Gasteiger partial charge in [0.25, 0.3) is 0 Å². The highest BCUT2D eigenvalue weighted by Crippen LogP contribution is 2.32. The second-order valence-corrected chi connectivity index (χ2v) is 5.60. The summed E-state index contributed by atoms with van der Waals surface area (Å²) in [5.74, 6) is 0.895. The Balaban J connectivity index is 2.01. The van der Waals surface area contributed by atoms with E-state index >= 15 is 0 Å². The number of nitrogens with one attached hydrogen (secondary N) is 1. The van der Waals surface area contributed by atoms with Crippen LogP contribution in [0, 0.1) is 5.92 Å². The summed E-state index contributed by atoms with van der Waals surface area (Å²) in [4.78, 5) is 3.69. The van der Waals surface area contributed by atoms with Crippen LogP contribution in [0.3, 0.4) is 0 Å². The second-order valence-electron chi connectivity index (χ2n) is 5.19. The van der Waals surface area contributed by atoms with Gasteiger partial charge in [-0.15, -0.1) is 0 Å². The maximum absolute atomic E-state index is 12.5. The van der Waals surface area contributed by atoms with Gasteiger partial charge >= 0.3 is 6.18 Å². The third kappa shape index (κ3) is 4.33. The lowest BCUT2D eigenvalue weighted by molar-refractivity contribution is -0.137. The molecule has 116 valence electrons. The molecule has 1 aromatic rings. The zero-order valence-corrected chi connectivity index (χ0v) is 12.4. The van der Waals surface area contributed by atoms with E-state index in [1.807, 2.05) is 0 Å². The molecule has 0 spiro atoms. The molecule has 1 saturated carbocycles. The molecule has 0 radical (unpaired) electrons. The summed E-state index contributed by atoms with van der Waals surface area (Å²) < 4.78 is 37.5. The molecule has 0 aromatic carbocycles. The minimum Gasteiger partial charge on any atom is -0.260 e. The van der Waals surface area contributed by atoms with Crippen molar-refractivity contribution in [3.05, 3.63) is 22.8 Å². The summed E-state index contributed by atoms with van der Waals surface area (Å²) in [6, 6.07) is 0.852. The van der Waals surface area contributed by atoms with Crippen LogP contribution in [0.15, 0.2) is 17.4 Å². The molecule has 1 N–H and O–H groups in total. The Kier molecular flexibility index (Phi) is 5.08. The number of halogens is 4. The van der Waals surface area contributed by atoms with E-state index in [2.05, 4.69) is 22.4 Å².